The fourth-order valence-corrected chi connectivity index (χ4v) is 0.160. The van der Waals surface area contributed by atoms with Gasteiger partial charge in [-0.3, -0.25) is 0 Å². The molecule has 0 amide bonds. The monoisotopic (exact) mass is 67.0 g/mol. The van der Waals surface area contributed by atoms with Gasteiger partial charge in [-0.2, -0.15) is 0 Å². The molecule has 1 aliphatic rings. The van der Waals surface area contributed by atoms with Crippen molar-refractivity contribution >= 4 is 0 Å². The Kier molecular flexibility index (Phi) is 0.307. The van der Waals surface area contributed by atoms with Gasteiger partial charge >= 0.3 is 0 Å². The zero-order valence-corrected chi connectivity index (χ0v) is 2.89. The topological polar surface area (TPSA) is 3.01 Å². The number of hydrogen-bond acceptors (Lipinski definition) is 1. The van der Waals surface area contributed by atoms with Gasteiger partial charge in [-0.15, -0.1) is 0 Å². The van der Waals surface area contributed by atoms with Crippen LogP contribution in [0.15, 0.2) is 25.2 Å². The van der Waals surface area contributed by atoms with Gasteiger partial charge in [0.05, 0.1) is 0 Å². The van der Waals surface area contributed by atoms with Crippen LogP contribution in [0.3, 0.4) is 0 Å². The minimum Gasteiger partial charge on any atom is -0.328 e. The van der Waals surface area contributed by atoms with Crippen LogP contribution in [0, 0.1) is 0 Å². The molecule has 0 saturated carbocycles. The lowest BCUT2D eigenvalue weighted by molar-refractivity contribution is 0.844. The van der Waals surface area contributed by atoms with Gasteiger partial charge in [0.15, 0.2) is 0 Å². The lowest BCUT2D eigenvalue weighted by Crippen LogP contribution is -1.72. The summed E-state index contributed by atoms with van der Waals surface area (Å²) in [5, 5.41) is 0. The standard InChI is InChI=1S/C4H5N/c1-2-5-3-4-5/h2-4H,1H2. The summed E-state index contributed by atoms with van der Waals surface area (Å²) in [5.41, 5.74) is 0. The molecule has 1 heteroatoms. The minimum absolute atomic E-state index is 1.75. The van der Waals surface area contributed by atoms with Crippen molar-refractivity contribution in [2.75, 3.05) is 0 Å². The van der Waals surface area contributed by atoms with Gasteiger partial charge in [0.1, 0.15) is 0 Å². The van der Waals surface area contributed by atoms with E-state index in [1.54, 1.807) is 6.20 Å². The summed E-state index contributed by atoms with van der Waals surface area (Å²) in [6.07, 6.45) is 5.62. The van der Waals surface area contributed by atoms with Crippen molar-refractivity contribution in [3.05, 3.63) is 25.2 Å². The molecule has 0 saturated heterocycles. The SMILES string of the molecule is C=CN1C=C1. The Morgan fingerprint density at radius 2 is 2.20 bits per heavy atom. The van der Waals surface area contributed by atoms with Crippen LogP contribution in [0.4, 0.5) is 0 Å². The third-order valence-electron chi connectivity index (χ3n) is 0.532. The first-order valence-electron chi connectivity index (χ1n) is 1.52. The predicted molar refractivity (Wildman–Crippen MR) is 21.2 cm³/mol. The molecule has 0 fully saturated rings. The molecule has 1 aliphatic heterocycles. The first-order valence-corrected chi connectivity index (χ1v) is 1.52. The lowest BCUT2D eigenvalue weighted by Gasteiger charge is -1.79. The maximum atomic E-state index is 3.49. The molecule has 5 heavy (non-hydrogen) atoms. The first kappa shape index (κ1) is 2.51. The second kappa shape index (κ2) is 0.612. The molecule has 0 aromatic rings. The van der Waals surface area contributed by atoms with Gasteiger partial charge in [0.25, 0.3) is 0 Å². The summed E-state index contributed by atoms with van der Waals surface area (Å²) < 4.78 is 0. The van der Waals surface area contributed by atoms with E-state index in [1.807, 2.05) is 17.3 Å². The van der Waals surface area contributed by atoms with E-state index >= 15 is 0 Å². The van der Waals surface area contributed by atoms with E-state index in [0.717, 1.165) is 0 Å². The summed E-state index contributed by atoms with van der Waals surface area (Å²) in [6.45, 7) is 3.49. The van der Waals surface area contributed by atoms with E-state index in [-0.39, 0.29) is 0 Å². The summed E-state index contributed by atoms with van der Waals surface area (Å²) in [7, 11) is 0. The van der Waals surface area contributed by atoms with Crippen LogP contribution in [0.1, 0.15) is 0 Å². The van der Waals surface area contributed by atoms with Gasteiger partial charge < -0.3 is 4.90 Å². The number of hydrogen-bond donors (Lipinski definition) is 0. The fraction of sp³-hybridized carbons (Fsp3) is 0. The normalized spacial score (nSPS) is 15.6. The maximum absolute atomic E-state index is 3.49. The molecule has 1 heterocycles. The van der Waals surface area contributed by atoms with Crippen molar-refractivity contribution in [1.82, 2.24) is 4.90 Å². The third kappa shape index (κ3) is 0.293. The van der Waals surface area contributed by atoms with Gasteiger partial charge in [0, 0.05) is 18.6 Å². The van der Waals surface area contributed by atoms with Crippen molar-refractivity contribution in [2.45, 2.75) is 0 Å². The summed E-state index contributed by atoms with van der Waals surface area (Å²) in [5.74, 6) is 0. The molecule has 0 N–H and O–H groups in total. The number of rotatable bonds is 1. The smallest absolute Gasteiger partial charge is 0.0249 e. The van der Waals surface area contributed by atoms with Crippen molar-refractivity contribution < 1.29 is 0 Å². The molecule has 0 bridgehead atoms. The molecular weight excluding hydrogens is 62.1 g/mol. The zero-order chi connectivity index (χ0) is 3.70. The highest BCUT2D eigenvalue weighted by Crippen LogP contribution is 2.03. The van der Waals surface area contributed by atoms with Crippen molar-refractivity contribution in [3.8, 4) is 0 Å². The summed E-state index contributed by atoms with van der Waals surface area (Å²) in [4.78, 5) is 1.89. The van der Waals surface area contributed by atoms with Crippen molar-refractivity contribution in [3.63, 3.8) is 0 Å². The maximum Gasteiger partial charge on any atom is 0.0249 e. The van der Waals surface area contributed by atoms with Crippen molar-refractivity contribution in [2.24, 2.45) is 0 Å². The Bertz CT molecular complexity index is 67.7. The average molecular weight is 67.1 g/mol. The van der Waals surface area contributed by atoms with Crippen LogP contribution >= 0.6 is 0 Å². The van der Waals surface area contributed by atoms with E-state index in [4.69, 9.17) is 0 Å². The van der Waals surface area contributed by atoms with E-state index in [2.05, 4.69) is 6.58 Å². The quantitative estimate of drug-likeness (QED) is 0.440. The highest BCUT2D eigenvalue weighted by Gasteiger charge is 1.93. The molecule has 0 spiro atoms. The minimum atomic E-state index is 1.75. The summed E-state index contributed by atoms with van der Waals surface area (Å²) >= 11 is 0. The largest absolute Gasteiger partial charge is 0.328 e. The van der Waals surface area contributed by atoms with Crippen molar-refractivity contribution in [1.29, 1.82) is 0 Å². The number of nitrogens with zero attached hydrogens (tertiary/aromatic N) is 1. The molecule has 0 radical (unpaired) electrons. The Hall–Kier alpha value is -0.720. The Labute approximate surface area is 31.2 Å². The predicted octanol–water partition coefficient (Wildman–Crippen LogP) is 0.917. The van der Waals surface area contributed by atoms with E-state index < -0.39 is 0 Å². The second-order valence-corrected chi connectivity index (χ2v) is 0.928. The molecule has 0 aromatic heterocycles. The van der Waals surface area contributed by atoms with Gasteiger partial charge in [-0.25, -0.2) is 0 Å². The van der Waals surface area contributed by atoms with E-state index in [0.29, 0.717) is 0 Å². The third-order valence-corrected chi connectivity index (χ3v) is 0.532. The average Bonchev–Trinajstić information content (AvgIpc) is 2.12. The molecule has 0 atom stereocenters. The highest BCUT2D eigenvalue weighted by molar-refractivity contribution is 5.06. The zero-order valence-electron chi connectivity index (χ0n) is 2.89. The van der Waals surface area contributed by atoms with Gasteiger partial charge in [0.2, 0.25) is 0 Å². The Morgan fingerprint density at radius 3 is 2.20 bits per heavy atom. The molecule has 0 aliphatic carbocycles. The van der Waals surface area contributed by atoms with Gasteiger partial charge in [-0.1, -0.05) is 6.58 Å². The molecule has 26 valence electrons. The molecule has 0 aromatic carbocycles. The van der Waals surface area contributed by atoms with Crippen LogP contribution in [-0.2, 0) is 0 Å². The summed E-state index contributed by atoms with van der Waals surface area (Å²) in [6, 6.07) is 0. The van der Waals surface area contributed by atoms with Crippen LogP contribution in [0.2, 0.25) is 0 Å². The molecule has 1 nitrogen and oxygen atoms in total. The Balaban J connectivity index is 2.28. The van der Waals surface area contributed by atoms with Crippen LogP contribution < -0.4 is 0 Å². The van der Waals surface area contributed by atoms with E-state index in [9.17, 15) is 0 Å². The molecule has 0 unspecified atom stereocenters. The molecular formula is C4H5N. The van der Waals surface area contributed by atoms with Gasteiger partial charge in [-0.05, 0) is 0 Å². The lowest BCUT2D eigenvalue weighted by atomic mass is 11.0. The highest BCUT2D eigenvalue weighted by atomic mass is 15.2. The Morgan fingerprint density at radius 1 is 1.60 bits per heavy atom. The fourth-order valence-electron chi connectivity index (χ4n) is 0.160. The van der Waals surface area contributed by atoms with E-state index in [1.165, 1.54) is 0 Å². The first-order chi connectivity index (χ1) is 2.43. The second-order valence-electron chi connectivity index (χ2n) is 0.928. The van der Waals surface area contributed by atoms with Crippen LogP contribution in [-0.4, -0.2) is 4.90 Å². The van der Waals surface area contributed by atoms with Crippen LogP contribution in [0.25, 0.3) is 0 Å². The van der Waals surface area contributed by atoms with Crippen LogP contribution in [0.5, 0.6) is 0 Å². The molecule has 1 rings (SSSR count).